The maximum atomic E-state index is 12.9. The van der Waals surface area contributed by atoms with Gasteiger partial charge in [-0.05, 0) is 6.42 Å². The third-order valence-corrected chi connectivity index (χ3v) is 6.57. The van der Waals surface area contributed by atoms with Gasteiger partial charge in [-0.2, -0.15) is 0 Å². The standard InChI is InChI=1S/C29H49NO10/c1-6-7-8-9-10-11-12-13-14-15-16-17-18-25(35)30-26-28(38-22(4)33)27(37-21(3)32)24(19-36-20(2)31)40-29(26)39-23(5)34/h24,26-29H,6-19H2,1-5H3,(H,30,35)/t24-,26+,27-,28+,29-/m1/s1. The van der Waals surface area contributed by atoms with Gasteiger partial charge in [-0.3, -0.25) is 24.0 Å². The Hall–Kier alpha value is -2.69. The van der Waals surface area contributed by atoms with Crippen LogP contribution in [0.25, 0.3) is 0 Å². The van der Waals surface area contributed by atoms with E-state index in [9.17, 15) is 24.0 Å². The highest BCUT2D eigenvalue weighted by atomic mass is 16.7. The van der Waals surface area contributed by atoms with Gasteiger partial charge in [0, 0.05) is 34.1 Å². The monoisotopic (exact) mass is 571 g/mol. The zero-order valence-corrected chi connectivity index (χ0v) is 24.9. The van der Waals surface area contributed by atoms with Gasteiger partial charge in [0.1, 0.15) is 18.8 Å². The molecule has 0 bridgehead atoms. The molecule has 0 radical (unpaired) electrons. The molecule has 0 aromatic carbocycles. The van der Waals surface area contributed by atoms with Crippen LogP contribution in [0.1, 0.15) is 118 Å². The summed E-state index contributed by atoms with van der Waals surface area (Å²) in [7, 11) is 0. The first-order chi connectivity index (χ1) is 19.0. The van der Waals surface area contributed by atoms with E-state index in [4.69, 9.17) is 23.7 Å². The van der Waals surface area contributed by atoms with Crippen molar-refractivity contribution in [1.82, 2.24) is 5.32 Å². The SMILES string of the molecule is CCCCCCCCCCCCCCC(=O)N[C@@H]1[C@H](OC(C)=O)O[C@H](COC(C)=O)[C@@H](OC(C)=O)[C@H]1OC(C)=O. The normalized spacial score (nSPS) is 22.2. The first-order valence-corrected chi connectivity index (χ1v) is 14.6. The van der Waals surface area contributed by atoms with Crippen LogP contribution in [0.2, 0.25) is 0 Å². The number of nitrogens with one attached hydrogen (secondary N) is 1. The van der Waals surface area contributed by atoms with E-state index in [1.807, 2.05) is 0 Å². The number of hydrogen-bond acceptors (Lipinski definition) is 10. The third-order valence-electron chi connectivity index (χ3n) is 6.57. The Labute approximate surface area is 238 Å². The lowest BCUT2D eigenvalue weighted by atomic mass is 9.95. The van der Waals surface area contributed by atoms with Crippen LogP contribution in [0.4, 0.5) is 0 Å². The van der Waals surface area contributed by atoms with Crippen molar-refractivity contribution in [3.63, 3.8) is 0 Å². The molecule has 0 aromatic heterocycles. The van der Waals surface area contributed by atoms with Gasteiger partial charge in [-0.15, -0.1) is 0 Å². The van der Waals surface area contributed by atoms with E-state index < -0.39 is 54.5 Å². The molecule has 230 valence electrons. The number of hydrogen-bond donors (Lipinski definition) is 1. The van der Waals surface area contributed by atoms with Gasteiger partial charge in [0.05, 0.1) is 0 Å². The molecule has 11 nitrogen and oxygen atoms in total. The van der Waals surface area contributed by atoms with Crippen LogP contribution in [0.3, 0.4) is 0 Å². The fourth-order valence-corrected chi connectivity index (χ4v) is 4.70. The van der Waals surface area contributed by atoms with Crippen molar-refractivity contribution in [2.45, 2.75) is 149 Å². The van der Waals surface area contributed by atoms with Gasteiger partial charge in [0.15, 0.2) is 12.2 Å². The number of carbonyl (C=O) groups excluding carboxylic acids is 5. The summed E-state index contributed by atoms with van der Waals surface area (Å²) >= 11 is 0. The average Bonchev–Trinajstić information content (AvgIpc) is 2.86. The number of unbranched alkanes of at least 4 members (excludes halogenated alkanes) is 11. The van der Waals surface area contributed by atoms with Crippen molar-refractivity contribution in [2.75, 3.05) is 6.61 Å². The highest BCUT2D eigenvalue weighted by molar-refractivity contribution is 5.76. The predicted molar refractivity (Wildman–Crippen MR) is 146 cm³/mol. The number of ether oxygens (including phenoxy) is 5. The summed E-state index contributed by atoms with van der Waals surface area (Å²) in [6.07, 6.45) is 9.19. The molecule has 0 aliphatic carbocycles. The molecule has 1 aliphatic heterocycles. The fourth-order valence-electron chi connectivity index (χ4n) is 4.70. The van der Waals surface area contributed by atoms with Crippen molar-refractivity contribution < 1.29 is 47.7 Å². The number of rotatable bonds is 19. The molecule has 1 aliphatic rings. The molecule has 40 heavy (non-hydrogen) atoms. The highest BCUT2D eigenvalue weighted by Gasteiger charge is 2.52. The first-order valence-electron chi connectivity index (χ1n) is 14.6. The van der Waals surface area contributed by atoms with Crippen LogP contribution in [-0.2, 0) is 47.7 Å². The molecule has 1 fully saturated rings. The molecule has 0 aromatic rings. The van der Waals surface area contributed by atoms with Gasteiger partial charge in [-0.1, -0.05) is 77.6 Å². The second-order valence-corrected chi connectivity index (χ2v) is 10.3. The van der Waals surface area contributed by atoms with Crippen LogP contribution in [0, 0.1) is 0 Å². The molecule has 1 rings (SSSR count). The Balaban J connectivity index is 2.72. The van der Waals surface area contributed by atoms with Crippen molar-refractivity contribution in [3.05, 3.63) is 0 Å². The van der Waals surface area contributed by atoms with Crippen LogP contribution in [0.5, 0.6) is 0 Å². The van der Waals surface area contributed by atoms with E-state index in [1.165, 1.54) is 58.3 Å². The smallest absolute Gasteiger partial charge is 0.305 e. The Bertz CT molecular complexity index is 802. The summed E-state index contributed by atoms with van der Waals surface area (Å²) in [5.74, 6) is -3.09. The number of carbonyl (C=O) groups is 5. The van der Waals surface area contributed by atoms with Gasteiger partial charge >= 0.3 is 23.9 Å². The largest absolute Gasteiger partial charge is 0.463 e. The highest BCUT2D eigenvalue weighted by Crippen LogP contribution is 2.28. The average molecular weight is 572 g/mol. The third kappa shape index (κ3) is 15.2. The first kappa shape index (κ1) is 35.3. The Kier molecular flexibility index (Phi) is 17.9. The zero-order chi connectivity index (χ0) is 29.9. The van der Waals surface area contributed by atoms with Gasteiger partial charge in [0.2, 0.25) is 12.2 Å². The zero-order valence-electron chi connectivity index (χ0n) is 24.9. The molecule has 0 saturated carbocycles. The molecule has 0 spiro atoms. The second-order valence-electron chi connectivity index (χ2n) is 10.3. The summed E-state index contributed by atoms with van der Waals surface area (Å²) in [4.78, 5) is 59.9. The lowest BCUT2D eigenvalue weighted by molar-refractivity contribution is -0.271. The van der Waals surface area contributed by atoms with Crippen molar-refractivity contribution in [1.29, 1.82) is 0 Å². The maximum absolute atomic E-state index is 12.9. The molecule has 1 saturated heterocycles. The molecule has 1 amide bonds. The molecular formula is C29H49NO10. The van der Waals surface area contributed by atoms with Gasteiger partial charge in [0.25, 0.3) is 0 Å². The Morgan fingerprint density at radius 1 is 0.625 bits per heavy atom. The maximum Gasteiger partial charge on any atom is 0.305 e. The molecule has 5 atom stereocenters. The van der Waals surface area contributed by atoms with E-state index in [2.05, 4.69) is 12.2 Å². The van der Waals surface area contributed by atoms with E-state index >= 15 is 0 Å². The van der Waals surface area contributed by atoms with Crippen LogP contribution >= 0.6 is 0 Å². The van der Waals surface area contributed by atoms with Crippen LogP contribution in [0.15, 0.2) is 0 Å². The molecule has 1 heterocycles. The number of esters is 4. The molecule has 0 unspecified atom stereocenters. The van der Waals surface area contributed by atoms with Crippen molar-refractivity contribution in [3.8, 4) is 0 Å². The minimum Gasteiger partial charge on any atom is -0.463 e. The van der Waals surface area contributed by atoms with E-state index in [0.29, 0.717) is 6.42 Å². The topological polar surface area (TPSA) is 144 Å². The van der Waals surface area contributed by atoms with E-state index in [0.717, 1.165) is 40.0 Å². The van der Waals surface area contributed by atoms with E-state index in [-0.39, 0.29) is 18.9 Å². The predicted octanol–water partition coefficient (Wildman–Crippen LogP) is 4.28. The molecule has 1 N–H and O–H groups in total. The van der Waals surface area contributed by atoms with Crippen LogP contribution in [-0.4, -0.2) is 67.0 Å². The second kappa shape index (κ2) is 20.2. The lowest BCUT2D eigenvalue weighted by Crippen LogP contribution is -2.67. The minimum absolute atomic E-state index is 0.211. The van der Waals surface area contributed by atoms with Crippen molar-refractivity contribution >= 4 is 29.8 Å². The van der Waals surface area contributed by atoms with Crippen molar-refractivity contribution in [2.24, 2.45) is 0 Å². The Morgan fingerprint density at radius 3 is 1.57 bits per heavy atom. The quantitative estimate of drug-likeness (QED) is 0.136. The molecular weight excluding hydrogens is 522 g/mol. The van der Waals surface area contributed by atoms with E-state index in [1.54, 1.807) is 0 Å². The van der Waals surface area contributed by atoms with Gasteiger partial charge < -0.3 is 29.0 Å². The summed E-state index contributed by atoms with van der Waals surface area (Å²) in [6, 6.07) is -1.16. The lowest BCUT2D eigenvalue weighted by Gasteiger charge is -2.44. The summed E-state index contributed by atoms with van der Waals surface area (Å²) in [6.45, 7) is 6.53. The minimum atomic E-state index is -1.37. The van der Waals surface area contributed by atoms with Crippen LogP contribution < -0.4 is 5.32 Å². The Morgan fingerprint density at radius 2 is 1.10 bits per heavy atom. The summed E-state index contributed by atoms with van der Waals surface area (Å²) in [5, 5.41) is 2.74. The number of amides is 1. The fraction of sp³-hybridized carbons (Fsp3) is 0.828. The molecule has 11 heteroatoms. The summed E-state index contributed by atoms with van der Waals surface area (Å²) in [5.41, 5.74) is 0. The van der Waals surface area contributed by atoms with Gasteiger partial charge in [-0.25, -0.2) is 0 Å². The summed E-state index contributed by atoms with van der Waals surface area (Å²) < 4.78 is 26.9.